The van der Waals surface area contributed by atoms with Crippen molar-refractivity contribution in [2.24, 2.45) is 0 Å². The van der Waals surface area contributed by atoms with Crippen molar-refractivity contribution in [3.05, 3.63) is 35.4 Å². The Bertz CT molecular complexity index is 532. The molecule has 1 aliphatic rings. The first kappa shape index (κ1) is 15.6. The summed E-state index contributed by atoms with van der Waals surface area (Å²) in [5.41, 5.74) is -1.16. The number of aliphatic hydroxyl groups is 1. The van der Waals surface area contributed by atoms with E-state index in [-0.39, 0.29) is 26.1 Å². The lowest BCUT2D eigenvalue weighted by Crippen LogP contribution is -2.32. The smallest absolute Gasteiger partial charge is 0.416 e. The normalized spacial score (nSPS) is 22.5. The summed E-state index contributed by atoms with van der Waals surface area (Å²) in [5, 5.41) is 8.95. The molecule has 0 saturated carbocycles. The Balaban J connectivity index is 2.11. The average molecular weight is 303 g/mol. The van der Waals surface area contributed by atoms with Gasteiger partial charge in [-0.3, -0.25) is 4.90 Å². The average Bonchev–Trinajstić information content (AvgIpc) is 2.64. The maximum Gasteiger partial charge on any atom is 0.416 e. The summed E-state index contributed by atoms with van der Waals surface area (Å²) in [7, 11) is 0. The molecule has 1 aromatic carbocycles. The number of aliphatic hydroxyl groups excluding tert-OH is 1. The predicted molar refractivity (Wildman–Crippen MR) is 68.4 cm³/mol. The molecule has 1 aliphatic heterocycles. The summed E-state index contributed by atoms with van der Waals surface area (Å²) < 4.78 is 43.1. The lowest BCUT2D eigenvalue weighted by Gasteiger charge is -2.20. The molecule has 1 atom stereocenters. The molecule has 0 aliphatic carbocycles. The number of amides is 1. The fraction of sp³-hybridized carbons (Fsp3) is 0.500. The van der Waals surface area contributed by atoms with Crippen LogP contribution in [0.2, 0.25) is 0 Å². The minimum atomic E-state index is -4.41. The van der Waals surface area contributed by atoms with E-state index < -0.39 is 23.4 Å². The van der Waals surface area contributed by atoms with Crippen LogP contribution in [0, 0.1) is 0 Å². The molecule has 0 radical (unpaired) electrons. The summed E-state index contributed by atoms with van der Waals surface area (Å²) in [4.78, 5) is 13.1. The van der Waals surface area contributed by atoms with Crippen LogP contribution in [0.4, 0.5) is 18.0 Å². The van der Waals surface area contributed by atoms with Crippen LogP contribution in [0.5, 0.6) is 0 Å². The molecule has 2 rings (SSSR count). The number of cyclic esters (lactones) is 1. The first-order valence-corrected chi connectivity index (χ1v) is 6.48. The maximum atomic E-state index is 12.6. The molecule has 116 valence electrons. The van der Waals surface area contributed by atoms with E-state index in [0.29, 0.717) is 5.56 Å². The Morgan fingerprint density at radius 3 is 2.76 bits per heavy atom. The van der Waals surface area contributed by atoms with E-state index in [1.54, 1.807) is 6.92 Å². The van der Waals surface area contributed by atoms with Crippen molar-refractivity contribution in [1.82, 2.24) is 4.90 Å². The van der Waals surface area contributed by atoms with Crippen LogP contribution in [0.15, 0.2) is 24.3 Å². The number of hydrogen-bond donors (Lipinski definition) is 1. The highest BCUT2D eigenvalue weighted by Gasteiger charge is 2.41. The Labute approximate surface area is 120 Å². The molecule has 1 N–H and O–H groups in total. The van der Waals surface area contributed by atoms with Gasteiger partial charge in [0.05, 0.1) is 12.1 Å². The van der Waals surface area contributed by atoms with Crippen molar-refractivity contribution in [2.75, 3.05) is 13.2 Å². The first-order chi connectivity index (χ1) is 9.73. The van der Waals surface area contributed by atoms with Gasteiger partial charge in [-0.2, -0.15) is 13.2 Å². The highest BCUT2D eigenvalue weighted by molar-refractivity contribution is 5.70. The van der Waals surface area contributed by atoms with E-state index in [2.05, 4.69) is 0 Å². The van der Waals surface area contributed by atoms with E-state index in [0.717, 1.165) is 12.1 Å². The van der Waals surface area contributed by atoms with Crippen LogP contribution < -0.4 is 0 Å². The van der Waals surface area contributed by atoms with Gasteiger partial charge < -0.3 is 9.84 Å². The standard InChI is InChI=1S/C14H16F3NO3/c1-13(5-6-19)9-18(12(20)21-13)8-10-3-2-4-11(7-10)14(15,16)17/h2-4,7,19H,5-6,8-9H2,1H3. The van der Waals surface area contributed by atoms with Crippen molar-refractivity contribution in [2.45, 2.75) is 31.7 Å². The van der Waals surface area contributed by atoms with Gasteiger partial charge in [0.25, 0.3) is 0 Å². The number of carbonyl (C=O) groups is 1. The van der Waals surface area contributed by atoms with Crippen LogP contribution in [0.3, 0.4) is 0 Å². The van der Waals surface area contributed by atoms with Gasteiger partial charge in [0.1, 0.15) is 5.60 Å². The van der Waals surface area contributed by atoms with E-state index in [1.807, 2.05) is 0 Å². The van der Waals surface area contributed by atoms with Crippen molar-refractivity contribution < 1.29 is 27.8 Å². The third-order valence-electron chi connectivity index (χ3n) is 3.39. The molecule has 1 fully saturated rings. The number of alkyl halides is 3. The monoisotopic (exact) mass is 303 g/mol. The number of nitrogens with zero attached hydrogens (tertiary/aromatic N) is 1. The molecule has 1 aromatic rings. The SMILES string of the molecule is CC1(CCO)CN(Cc2cccc(C(F)(F)F)c2)C(=O)O1. The van der Waals surface area contributed by atoms with Crippen LogP contribution >= 0.6 is 0 Å². The van der Waals surface area contributed by atoms with Gasteiger partial charge in [-0.15, -0.1) is 0 Å². The zero-order valence-corrected chi connectivity index (χ0v) is 11.5. The molecule has 7 heteroatoms. The van der Waals surface area contributed by atoms with Gasteiger partial charge in [0.2, 0.25) is 0 Å². The number of benzene rings is 1. The highest BCUT2D eigenvalue weighted by atomic mass is 19.4. The molecule has 4 nitrogen and oxygen atoms in total. The van der Waals surface area contributed by atoms with Crippen molar-refractivity contribution in [3.63, 3.8) is 0 Å². The largest absolute Gasteiger partial charge is 0.441 e. The molecule has 1 saturated heterocycles. The molecule has 1 amide bonds. The van der Waals surface area contributed by atoms with Crippen molar-refractivity contribution in [3.8, 4) is 0 Å². The van der Waals surface area contributed by atoms with Crippen molar-refractivity contribution >= 4 is 6.09 Å². The molecule has 0 bridgehead atoms. The Morgan fingerprint density at radius 1 is 1.43 bits per heavy atom. The van der Waals surface area contributed by atoms with Crippen LogP contribution in [-0.4, -0.2) is 34.9 Å². The van der Waals surface area contributed by atoms with Gasteiger partial charge in [0, 0.05) is 19.6 Å². The molecule has 1 unspecified atom stereocenters. The van der Waals surface area contributed by atoms with E-state index >= 15 is 0 Å². The van der Waals surface area contributed by atoms with Gasteiger partial charge in [-0.05, 0) is 24.6 Å². The first-order valence-electron chi connectivity index (χ1n) is 6.48. The lowest BCUT2D eigenvalue weighted by molar-refractivity contribution is -0.137. The van der Waals surface area contributed by atoms with Crippen LogP contribution in [0.1, 0.15) is 24.5 Å². The predicted octanol–water partition coefficient (Wildman–Crippen LogP) is 2.80. The quantitative estimate of drug-likeness (QED) is 0.930. The number of halogens is 3. The fourth-order valence-corrected chi connectivity index (χ4v) is 2.33. The zero-order chi connectivity index (χ0) is 15.7. The van der Waals surface area contributed by atoms with Crippen LogP contribution in [-0.2, 0) is 17.5 Å². The van der Waals surface area contributed by atoms with Crippen LogP contribution in [0.25, 0.3) is 0 Å². The summed E-state index contributed by atoms with van der Waals surface area (Å²) in [5.74, 6) is 0. The summed E-state index contributed by atoms with van der Waals surface area (Å²) >= 11 is 0. The highest BCUT2D eigenvalue weighted by Crippen LogP contribution is 2.31. The minimum Gasteiger partial charge on any atom is -0.441 e. The van der Waals surface area contributed by atoms with E-state index in [1.165, 1.54) is 17.0 Å². The second-order valence-corrected chi connectivity index (χ2v) is 5.35. The topological polar surface area (TPSA) is 49.8 Å². The molecule has 0 spiro atoms. The van der Waals surface area contributed by atoms with E-state index in [4.69, 9.17) is 9.84 Å². The number of rotatable bonds is 4. The summed E-state index contributed by atoms with van der Waals surface area (Å²) in [6.45, 7) is 1.85. The third-order valence-corrected chi connectivity index (χ3v) is 3.39. The second-order valence-electron chi connectivity index (χ2n) is 5.35. The summed E-state index contributed by atoms with van der Waals surface area (Å²) in [6.07, 6.45) is -4.70. The molecule has 1 heterocycles. The van der Waals surface area contributed by atoms with Crippen molar-refractivity contribution in [1.29, 1.82) is 0 Å². The van der Waals surface area contributed by atoms with Gasteiger partial charge in [-0.1, -0.05) is 12.1 Å². The molecular weight excluding hydrogens is 287 g/mol. The third kappa shape index (κ3) is 3.66. The number of hydrogen-bond acceptors (Lipinski definition) is 3. The maximum absolute atomic E-state index is 12.6. The Kier molecular flexibility index (Phi) is 4.13. The number of ether oxygens (including phenoxy) is 1. The van der Waals surface area contributed by atoms with Gasteiger partial charge >= 0.3 is 12.3 Å². The minimum absolute atomic E-state index is 0.0454. The number of carbonyl (C=O) groups excluding carboxylic acids is 1. The molecular formula is C14H16F3NO3. The second kappa shape index (κ2) is 5.55. The fourth-order valence-electron chi connectivity index (χ4n) is 2.33. The summed E-state index contributed by atoms with van der Waals surface area (Å²) in [6, 6.07) is 4.85. The van der Waals surface area contributed by atoms with Gasteiger partial charge in [0.15, 0.2) is 0 Å². The molecule has 21 heavy (non-hydrogen) atoms. The lowest BCUT2D eigenvalue weighted by atomic mass is 10.0. The van der Waals surface area contributed by atoms with Gasteiger partial charge in [-0.25, -0.2) is 4.79 Å². The Hall–Kier alpha value is -1.76. The Morgan fingerprint density at radius 2 is 2.14 bits per heavy atom. The molecule has 0 aromatic heterocycles. The zero-order valence-electron chi connectivity index (χ0n) is 11.5. The van der Waals surface area contributed by atoms with E-state index in [9.17, 15) is 18.0 Å².